The Balaban J connectivity index is 1.49. The van der Waals surface area contributed by atoms with Gasteiger partial charge in [0.1, 0.15) is 0 Å². The molecule has 10 heteroatoms. The van der Waals surface area contributed by atoms with Gasteiger partial charge < -0.3 is 19.6 Å². The zero-order valence-corrected chi connectivity index (χ0v) is 18.7. The molecule has 2 aliphatic rings. The number of aromatic nitrogens is 1. The summed E-state index contributed by atoms with van der Waals surface area (Å²) in [6.07, 6.45) is -1.89. The van der Waals surface area contributed by atoms with Gasteiger partial charge in [0.05, 0.1) is 29.9 Å². The Morgan fingerprint density at radius 3 is 2.59 bits per heavy atom. The maximum atomic E-state index is 13.4. The quantitative estimate of drug-likeness (QED) is 0.731. The fraction of sp³-hybridized carbons (Fsp3) is 0.458. The summed E-state index contributed by atoms with van der Waals surface area (Å²) in [6, 6.07) is 8.63. The normalized spacial score (nSPS) is 19.8. The average Bonchev–Trinajstić information content (AvgIpc) is 3.21. The van der Waals surface area contributed by atoms with Gasteiger partial charge in [-0.2, -0.15) is 18.4 Å². The number of rotatable bonds is 4. The number of hydrogen-bond donors (Lipinski definition) is 1. The number of pyridine rings is 1. The van der Waals surface area contributed by atoms with E-state index in [1.54, 1.807) is 23.1 Å². The van der Waals surface area contributed by atoms with Gasteiger partial charge in [-0.1, -0.05) is 0 Å². The number of carbonyl (C=O) groups excluding carboxylic acids is 1. The summed E-state index contributed by atoms with van der Waals surface area (Å²) in [5.41, 5.74) is -0.841. The summed E-state index contributed by atoms with van der Waals surface area (Å²) in [6.45, 7) is 1.77. The molecule has 1 unspecified atom stereocenters. The van der Waals surface area contributed by atoms with Gasteiger partial charge in [-0.15, -0.1) is 0 Å². The van der Waals surface area contributed by atoms with E-state index in [9.17, 15) is 23.1 Å². The first-order valence-corrected chi connectivity index (χ1v) is 11.0. The Bertz CT molecular complexity index is 1090. The molecule has 1 aromatic carbocycles. The maximum Gasteiger partial charge on any atom is 0.417 e. The first kappa shape index (κ1) is 23.8. The van der Waals surface area contributed by atoms with Gasteiger partial charge in [-0.25, -0.2) is 4.98 Å². The van der Waals surface area contributed by atoms with Crippen LogP contribution in [0.1, 0.15) is 34.3 Å². The van der Waals surface area contributed by atoms with Crippen molar-refractivity contribution in [2.45, 2.75) is 19.0 Å². The summed E-state index contributed by atoms with van der Waals surface area (Å²) in [5, 5.41) is 19.1. The Morgan fingerprint density at radius 1 is 1.29 bits per heavy atom. The van der Waals surface area contributed by atoms with Crippen molar-refractivity contribution in [3.05, 3.63) is 53.2 Å². The summed E-state index contributed by atoms with van der Waals surface area (Å²) >= 11 is 0. The molecule has 2 saturated heterocycles. The first-order chi connectivity index (χ1) is 16.2. The monoisotopic (exact) mass is 474 g/mol. The number of aliphatic hydroxyl groups is 1. The molecule has 0 bridgehead atoms. The molecule has 3 heterocycles. The van der Waals surface area contributed by atoms with Crippen LogP contribution < -0.4 is 9.64 Å². The van der Waals surface area contributed by atoms with E-state index in [1.807, 2.05) is 4.90 Å². The third-order valence-corrected chi connectivity index (χ3v) is 7.07. The second kappa shape index (κ2) is 9.14. The van der Waals surface area contributed by atoms with Gasteiger partial charge in [0, 0.05) is 56.7 Å². The highest BCUT2D eigenvalue weighted by Crippen LogP contribution is 2.46. The average molecular weight is 474 g/mol. The van der Waals surface area contributed by atoms with Crippen molar-refractivity contribution in [1.29, 1.82) is 5.26 Å². The minimum Gasteiger partial charge on any atom is -0.481 e. The number of nitriles is 1. The predicted octanol–water partition coefficient (Wildman–Crippen LogP) is 3.33. The number of piperidine rings is 1. The minimum atomic E-state index is -4.63. The number of nitrogens with zero attached hydrogens (tertiary/aromatic N) is 4. The van der Waals surface area contributed by atoms with E-state index in [0.29, 0.717) is 56.2 Å². The van der Waals surface area contributed by atoms with Crippen molar-refractivity contribution in [1.82, 2.24) is 9.88 Å². The lowest BCUT2D eigenvalue weighted by atomic mass is 9.71. The highest BCUT2D eigenvalue weighted by Gasteiger charge is 2.48. The van der Waals surface area contributed by atoms with E-state index in [-0.39, 0.29) is 23.8 Å². The molecule has 34 heavy (non-hydrogen) atoms. The zero-order valence-electron chi connectivity index (χ0n) is 18.7. The second-order valence-corrected chi connectivity index (χ2v) is 8.84. The van der Waals surface area contributed by atoms with E-state index < -0.39 is 17.3 Å². The second-order valence-electron chi connectivity index (χ2n) is 8.84. The van der Waals surface area contributed by atoms with Crippen LogP contribution in [0, 0.1) is 22.7 Å². The van der Waals surface area contributed by atoms with E-state index in [2.05, 4.69) is 4.98 Å². The summed E-state index contributed by atoms with van der Waals surface area (Å²) in [5.74, 6) is 0.155. The predicted molar refractivity (Wildman–Crippen MR) is 117 cm³/mol. The summed E-state index contributed by atoms with van der Waals surface area (Å²) < 4.78 is 45.3. The number of halogens is 3. The number of alkyl halides is 3. The molecule has 1 N–H and O–H groups in total. The van der Waals surface area contributed by atoms with Crippen molar-refractivity contribution in [2.75, 3.05) is 44.8 Å². The molecule has 180 valence electrons. The molecule has 4 rings (SSSR count). The molecule has 0 aliphatic carbocycles. The number of methoxy groups -OCH3 is 1. The van der Waals surface area contributed by atoms with Crippen LogP contribution in [0.3, 0.4) is 0 Å². The first-order valence-electron chi connectivity index (χ1n) is 11.0. The lowest BCUT2D eigenvalue weighted by Gasteiger charge is -2.42. The molecule has 1 atom stereocenters. The van der Waals surface area contributed by atoms with E-state index in [4.69, 9.17) is 10.00 Å². The van der Waals surface area contributed by atoms with Gasteiger partial charge in [-0.05, 0) is 42.5 Å². The highest BCUT2D eigenvalue weighted by atomic mass is 19.4. The standard InChI is InChI=1S/C24H25F3N4O3/c1-34-21-5-3-17(12-29-21)22(33)30-8-6-23(7-9-30)15-31(13-18(23)14-32)19-4-2-16(11-28)20(10-19)24(25,26)27/h2-5,10,12,18,32H,6-9,13-15H2,1H3. The number of aliphatic hydroxyl groups excluding tert-OH is 1. The van der Waals surface area contributed by atoms with Gasteiger partial charge in [0.2, 0.25) is 5.88 Å². The van der Waals surface area contributed by atoms with Crippen LogP contribution in [-0.2, 0) is 6.18 Å². The SMILES string of the molecule is COc1ccc(C(=O)N2CCC3(CC2)CN(c2ccc(C#N)c(C(F)(F)F)c2)CC3CO)cn1. The largest absolute Gasteiger partial charge is 0.481 e. The number of hydrogen-bond acceptors (Lipinski definition) is 6. The topological polar surface area (TPSA) is 89.7 Å². The Hall–Kier alpha value is -3.32. The number of anilines is 1. The van der Waals surface area contributed by atoms with Gasteiger partial charge in [-0.3, -0.25) is 4.79 Å². The molecule has 1 aromatic heterocycles. The molecule has 0 radical (unpaired) electrons. The Morgan fingerprint density at radius 2 is 2.03 bits per heavy atom. The van der Waals surface area contributed by atoms with Crippen LogP contribution in [0.2, 0.25) is 0 Å². The number of benzene rings is 1. The van der Waals surface area contributed by atoms with Crippen molar-refractivity contribution in [3.63, 3.8) is 0 Å². The van der Waals surface area contributed by atoms with Gasteiger partial charge in [0.25, 0.3) is 5.91 Å². The fourth-order valence-corrected chi connectivity index (χ4v) is 5.07. The molecule has 7 nitrogen and oxygen atoms in total. The molecule has 1 spiro atoms. The molecular weight excluding hydrogens is 449 g/mol. The molecular formula is C24H25F3N4O3. The van der Waals surface area contributed by atoms with Crippen LogP contribution in [0.5, 0.6) is 5.88 Å². The molecule has 2 aromatic rings. The van der Waals surface area contributed by atoms with Crippen LogP contribution >= 0.6 is 0 Å². The molecule has 1 amide bonds. The highest BCUT2D eigenvalue weighted by molar-refractivity contribution is 5.94. The smallest absolute Gasteiger partial charge is 0.417 e. The van der Waals surface area contributed by atoms with E-state index >= 15 is 0 Å². The summed E-state index contributed by atoms with van der Waals surface area (Å²) in [7, 11) is 1.50. The third-order valence-electron chi connectivity index (χ3n) is 7.07. The Kier molecular flexibility index (Phi) is 6.41. The van der Waals surface area contributed by atoms with Crippen molar-refractivity contribution >= 4 is 11.6 Å². The third kappa shape index (κ3) is 4.40. The number of carbonyl (C=O) groups is 1. The lowest BCUT2D eigenvalue weighted by molar-refractivity contribution is -0.137. The minimum absolute atomic E-state index is 0.0880. The van der Waals surface area contributed by atoms with Crippen LogP contribution in [0.4, 0.5) is 18.9 Å². The number of amides is 1. The van der Waals surface area contributed by atoms with E-state index in [0.717, 1.165) is 6.07 Å². The maximum absolute atomic E-state index is 13.4. The zero-order chi connectivity index (χ0) is 24.5. The van der Waals surface area contributed by atoms with E-state index in [1.165, 1.54) is 25.4 Å². The molecule has 2 fully saturated rings. The molecule has 2 aliphatic heterocycles. The van der Waals surface area contributed by atoms with Crippen molar-refractivity contribution in [3.8, 4) is 11.9 Å². The van der Waals surface area contributed by atoms with Gasteiger partial charge in [0.15, 0.2) is 0 Å². The number of likely N-dealkylation sites (tertiary alicyclic amines) is 1. The lowest BCUT2D eigenvalue weighted by Crippen LogP contribution is -2.47. The number of ether oxygens (including phenoxy) is 1. The fourth-order valence-electron chi connectivity index (χ4n) is 5.07. The van der Waals surface area contributed by atoms with Crippen LogP contribution in [0.15, 0.2) is 36.5 Å². The molecule has 0 saturated carbocycles. The van der Waals surface area contributed by atoms with Crippen LogP contribution in [-0.4, -0.2) is 60.8 Å². The van der Waals surface area contributed by atoms with Crippen molar-refractivity contribution < 1.29 is 27.8 Å². The summed E-state index contributed by atoms with van der Waals surface area (Å²) in [4.78, 5) is 20.6. The van der Waals surface area contributed by atoms with Crippen molar-refractivity contribution in [2.24, 2.45) is 11.3 Å². The van der Waals surface area contributed by atoms with Gasteiger partial charge >= 0.3 is 6.18 Å². The van der Waals surface area contributed by atoms with Crippen LogP contribution in [0.25, 0.3) is 0 Å². The Labute approximate surface area is 195 Å².